The van der Waals surface area contributed by atoms with Crippen LogP contribution in [0.4, 0.5) is 20.7 Å². The number of benzene rings is 1. The molecule has 0 atom stereocenters. The van der Waals surface area contributed by atoms with Gasteiger partial charge in [0, 0.05) is 6.54 Å². The number of halogens is 2. The van der Waals surface area contributed by atoms with Crippen LogP contribution in [0.15, 0.2) is 24.5 Å². The van der Waals surface area contributed by atoms with E-state index in [0.717, 1.165) is 12.1 Å². The monoisotopic (exact) mass is 237 g/mol. The molecular weight excluding hydrogens is 228 g/mol. The average Bonchev–Trinajstić information content (AvgIpc) is 2.31. The Hall–Kier alpha value is -2.31. The lowest BCUT2D eigenvalue weighted by atomic mass is 10.2. The summed E-state index contributed by atoms with van der Waals surface area (Å²) in [5.41, 5.74) is 5.93. The maximum absolute atomic E-state index is 12.9. The van der Waals surface area contributed by atoms with Crippen molar-refractivity contribution < 1.29 is 8.78 Å². The van der Waals surface area contributed by atoms with E-state index in [1.807, 2.05) is 0 Å². The molecule has 0 amide bonds. The predicted molar refractivity (Wildman–Crippen MR) is 57.9 cm³/mol. The number of hydrogen-bond donors (Lipinski definition) is 2. The van der Waals surface area contributed by atoms with Gasteiger partial charge >= 0.3 is 0 Å². The lowest BCUT2D eigenvalue weighted by Crippen LogP contribution is -2.06. The molecule has 17 heavy (non-hydrogen) atoms. The first-order valence-corrected chi connectivity index (χ1v) is 4.77. The van der Waals surface area contributed by atoms with Crippen LogP contribution in [0.25, 0.3) is 0 Å². The first-order valence-electron chi connectivity index (χ1n) is 4.77. The van der Waals surface area contributed by atoms with Crippen LogP contribution in [0.3, 0.4) is 0 Å². The third kappa shape index (κ3) is 2.83. The second-order valence-corrected chi connectivity index (χ2v) is 3.27. The molecular formula is C10H9F2N5. The third-order valence-electron chi connectivity index (χ3n) is 2.03. The smallest absolute Gasteiger partial charge is 0.227 e. The zero-order valence-electron chi connectivity index (χ0n) is 8.69. The normalized spacial score (nSPS) is 10.2. The Morgan fingerprint density at radius 3 is 2.71 bits per heavy atom. The number of nitrogen functional groups attached to an aromatic ring is 1. The van der Waals surface area contributed by atoms with Crippen molar-refractivity contribution in [2.45, 2.75) is 6.54 Å². The van der Waals surface area contributed by atoms with Gasteiger partial charge in [-0.1, -0.05) is 6.07 Å². The van der Waals surface area contributed by atoms with Gasteiger partial charge in [0.05, 0.1) is 0 Å². The van der Waals surface area contributed by atoms with E-state index in [0.29, 0.717) is 5.56 Å². The van der Waals surface area contributed by atoms with Crippen LogP contribution in [-0.4, -0.2) is 15.0 Å². The van der Waals surface area contributed by atoms with Crippen molar-refractivity contribution in [3.8, 4) is 0 Å². The van der Waals surface area contributed by atoms with Crippen molar-refractivity contribution in [2.75, 3.05) is 11.1 Å². The van der Waals surface area contributed by atoms with Gasteiger partial charge in [0.25, 0.3) is 0 Å². The van der Waals surface area contributed by atoms with E-state index in [9.17, 15) is 8.78 Å². The van der Waals surface area contributed by atoms with Crippen LogP contribution >= 0.6 is 0 Å². The molecule has 0 fully saturated rings. The van der Waals surface area contributed by atoms with Crippen molar-refractivity contribution in [2.24, 2.45) is 0 Å². The first kappa shape index (κ1) is 11.2. The summed E-state index contributed by atoms with van der Waals surface area (Å²) in [5.74, 6) is -1.40. The summed E-state index contributed by atoms with van der Waals surface area (Å²) in [7, 11) is 0. The summed E-state index contributed by atoms with van der Waals surface area (Å²) >= 11 is 0. The molecule has 3 N–H and O–H groups in total. The topological polar surface area (TPSA) is 76.7 Å². The molecule has 0 saturated heterocycles. The summed E-state index contributed by atoms with van der Waals surface area (Å²) in [4.78, 5) is 11.2. The number of rotatable bonds is 3. The molecule has 7 heteroatoms. The fourth-order valence-corrected chi connectivity index (χ4v) is 1.22. The van der Waals surface area contributed by atoms with Gasteiger partial charge in [-0.05, 0) is 17.7 Å². The van der Waals surface area contributed by atoms with Crippen LogP contribution in [0.2, 0.25) is 0 Å². The summed E-state index contributed by atoms with van der Waals surface area (Å²) in [6.07, 6.45) is 1.26. The Morgan fingerprint density at radius 2 is 2.00 bits per heavy atom. The molecule has 0 bridgehead atoms. The summed E-state index contributed by atoms with van der Waals surface area (Å²) in [6, 6.07) is 3.64. The Labute approximate surface area is 95.7 Å². The van der Waals surface area contributed by atoms with E-state index in [1.165, 1.54) is 12.4 Å². The maximum atomic E-state index is 12.9. The second-order valence-electron chi connectivity index (χ2n) is 3.27. The molecule has 2 rings (SSSR count). The highest BCUT2D eigenvalue weighted by atomic mass is 19.2. The standard InChI is InChI=1S/C10H9F2N5/c11-7-2-1-6(3-8(7)12)4-14-10-16-5-15-9(13)17-10/h1-3,5H,4H2,(H3,13,14,15,16,17). The Morgan fingerprint density at radius 1 is 1.18 bits per heavy atom. The van der Waals surface area contributed by atoms with Crippen LogP contribution in [0.5, 0.6) is 0 Å². The number of aromatic nitrogens is 3. The van der Waals surface area contributed by atoms with Gasteiger partial charge < -0.3 is 11.1 Å². The lowest BCUT2D eigenvalue weighted by molar-refractivity contribution is 0.507. The third-order valence-corrected chi connectivity index (χ3v) is 2.03. The molecule has 1 aromatic heterocycles. The minimum atomic E-state index is -0.889. The molecule has 0 saturated carbocycles. The van der Waals surface area contributed by atoms with Gasteiger partial charge in [-0.15, -0.1) is 0 Å². The number of nitrogens with zero attached hydrogens (tertiary/aromatic N) is 3. The van der Waals surface area contributed by atoms with Crippen LogP contribution in [0.1, 0.15) is 5.56 Å². The predicted octanol–water partition coefficient (Wildman–Crippen LogP) is 1.34. The van der Waals surface area contributed by atoms with Crippen molar-refractivity contribution >= 4 is 11.9 Å². The highest BCUT2D eigenvalue weighted by Gasteiger charge is 2.03. The fourth-order valence-electron chi connectivity index (χ4n) is 1.22. The first-order chi connectivity index (χ1) is 8.15. The van der Waals surface area contributed by atoms with Crippen molar-refractivity contribution in [1.82, 2.24) is 15.0 Å². The van der Waals surface area contributed by atoms with Gasteiger partial charge in [-0.25, -0.2) is 18.7 Å². The van der Waals surface area contributed by atoms with Gasteiger partial charge in [0.15, 0.2) is 11.6 Å². The molecule has 0 aliphatic rings. The van der Waals surface area contributed by atoms with E-state index < -0.39 is 11.6 Å². The lowest BCUT2D eigenvalue weighted by Gasteiger charge is -2.05. The molecule has 88 valence electrons. The van der Waals surface area contributed by atoms with E-state index in [4.69, 9.17) is 5.73 Å². The minimum Gasteiger partial charge on any atom is -0.368 e. The largest absolute Gasteiger partial charge is 0.368 e. The minimum absolute atomic E-state index is 0.0905. The Kier molecular flexibility index (Phi) is 3.08. The number of nitrogens with two attached hydrogens (primary N) is 1. The van der Waals surface area contributed by atoms with Crippen LogP contribution in [0, 0.1) is 11.6 Å². The quantitative estimate of drug-likeness (QED) is 0.842. The van der Waals surface area contributed by atoms with Crippen molar-refractivity contribution in [1.29, 1.82) is 0 Å². The number of nitrogens with one attached hydrogen (secondary N) is 1. The van der Waals surface area contributed by atoms with Crippen molar-refractivity contribution in [3.05, 3.63) is 41.7 Å². The molecule has 0 spiro atoms. The summed E-state index contributed by atoms with van der Waals surface area (Å²) in [6.45, 7) is 0.265. The van der Waals surface area contributed by atoms with E-state index in [2.05, 4.69) is 20.3 Å². The SMILES string of the molecule is Nc1ncnc(NCc2ccc(F)c(F)c2)n1. The van der Waals surface area contributed by atoms with Gasteiger partial charge in [0.1, 0.15) is 6.33 Å². The molecule has 1 heterocycles. The Bertz CT molecular complexity index is 532. The molecule has 0 aliphatic carbocycles. The molecule has 0 unspecified atom stereocenters. The van der Waals surface area contributed by atoms with E-state index in [1.54, 1.807) is 0 Å². The van der Waals surface area contributed by atoms with Gasteiger partial charge in [-0.3, -0.25) is 0 Å². The van der Waals surface area contributed by atoms with Gasteiger partial charge in [0.2, 0.25) is 11.9 Å². The molecule has 0 aliphatic heterocycles. The number of hydrogen-bond acceptors (Lipinski definition) is 5. The van der Waals surface area contributed by atoms with E-state index >= 15 is 0 Å². The highest BCUT2D eigenvalue weighted by molar-refractivity contribution is 5.31. The molecule has 0 radical (unpaired) electrons. The molecule has 1 aromatic carbocycles. The fraction of sp³-hybridized carbons (Fsp3) is 0.100. The van der Waals surface area contributed by atoms with Crippen LogP contribution in [-0.2, 0) is 6.54 Å². The summed E-state index contributed by atoms with van der Waals surface area (Å²) < 4.78 is 25.6. The number of anilines is 2. The van der Waals surface area contributed by atoms with Crippen molar-refractivity contribution in [3.63, 3.8) is 0 Å². The second kappa shape index (κ2) is 4.69. The highest BCUT2D eigenvalue weighted by Crippen LogP contribution is 2.10. The average molecular weight is 237 g/mol. The molecule has 5 nitrogen and oxygen atoms in total. The summed E-state index contributed by atoms with van der Waals surface area (Å²) in [5, 5.41) is 2.82. The van der Waals surface area contributed by atoms with E-state index in [-0.39, 0.29) is 18.4 Å². The zero-order chi connectivity index (χ0) is 12.3. The molecule has 2 aromatic rings. The van der Waals surface area contributed by atoms with Gasteiger partial charge in [-0.2, -0.15) is 4.98 Å². The Balaban J connectivity index is 2.05. The van der Waals surface area contributed by atoms with Crippen LogP contribution < -0.4 is 11.1 Å². The maximum Gasteiger partial charge on any atom is 0.227 e. The zero-order valence-corrected chi connectivity index (χ0v) is 8.69.